The van der Waals surface area contributed by atoms with Gasteiger partial charge in [0.2, 0.25) is 5.91 Å². The van der Waals surface area contributed by atoms with Crippen LogP contribution in [0, 0.1) is 0 Å². The number of aromatic nitrogens is 3. The number of nitrogens with one attached hydrogen (secondary N) is 2. The number of hydrogen-bond donors (Lipinski definition) is 2. The Morgan fingerprint density at radius 2 is 2.04 bits per heavy atom. The van der Waals surface area contributed by atoms with Gasteiger partial charge in [-0.25, -0.2) is 4.98 Å². The smallest absolute Gasteiger partial charge is 0.265 e. The fourth-order valence-corrected chi connectivity index (χ4v) is 3.54. The molecule has 0 saturated carbocycles. The highest BCUT2D eigenvalue weighted by molar-refractivity contribution is 7.20. The molecule has 2 N–H and O–H groups in total. The lowest BCUT2D eigenvalue weighted by Gasteiger charge is -2.09. The predicted molar refractivity (Wildman–Crippen MR) is 99.2 cm³/mol. The zero-order chi connectivity index (χ0) is 18.1. The number of rotatable bonds is 4. The van der Waals surface area contributed by atoms with Crippen LogP contribution in [0.25, 0.3) is 10.2 Å². The van der Waals surface area contributed by atoms with Gasteiger partial charge < -0.3 is 10.6 Å². The molecular weight excluding hydrogens is 338 g/mol. The summed E-state index contributed by atoms with van der Waals surface area (Å²) in [5.41, 5.74) is 1.44. The van der Waals surface area contributed by atoms with E-state index in [1.807, 2.05) is 13.1 Å². The maximum Gasteiger partial charge on any atom is 0.265 e. The molecular formula is C17H19N5O2S. The summed E-state index contributed by atoms with van der Waals surface area (Å²) in [4.78, 5) is 29.6. The number of aryl methyl sites for hydroxylation is 1. The van der Waals surface area contributed by atoms with Crippen LogP contribution in [0.1, 0.15) is 42.1 Å². The van der Waals surface area contributed by atoms with E-state index in [4.69, 9.17) is 0 Å². The normalized spacial score (nSPS) is 11.1. The Bertz CT molecular complexity index is 957. The molecule has 0 aliphatic heterocycles. The molecule has 7 nitrogen and oxygen atoms in total. The van der Waals surface area contributed by atoms with Crippen molar-refractivity contribution in [2.45, 2.75) is 26.7 Å². The molecule has 0 fully saturated rings. The maximum atomic E-state index is 12.6. The Kier molecular flexibility index (Phi) is 4.54. The zero-order valence-electron chi connectivity index (χ0n) is 14.5. The van der Waals surface area contributed by atoms with Crippen LogP contribution < -0.4 is 10.6 Å². The van der Waals surface area contributed by atoms with E-state index in [-0.39, 0.29) is 17.7 Å². The van der Waals surface area contributed by atoms with Crippen molar-refractivity contribution in [1.82, 2.24) is 14.8 Å². The summed E-state index contributed by atoms with van der Waals surface area (Å²) in [6, 6.07) is 5.27. The van der Waals surface area contributed by atoms with Gasteiger partial charge in [-0.05, 0) is 24.1 Å². The third kappa shape index (κ3) is 3.39. The van der Waals surface area contributed by atoms with Crippen LogP contribution in [-0.2, 0) is 11.8 Å². The third-order valence-electron chi connectivity index (χ3n) is 3.66. The molecule has 130 valence electrons. The first-order valence-corrected chi connectivity index (χ1v) is 8.69. The Morgan fingerprint density at radius 3 is 2.72 bits per heavy atom. The van der Waals surface area contributed by atoms with E-state index < -0.39 is 0 Å². The third-order valence-corrected chi connectivity index (χ3v) is 4.86. The lowest BCUT2D eigenvalue weighted by molar-refractivity contribution is -0.114. The molecule has 25 heavy (non-hydrogen) atoms. The molecule has 0 spiro atoms. The monoisotopic (exact) mass is 357 g/mol. The lowest BCUT2D eigenvalue weighted by Crippen LogP contribution is -2.15. The quantitative estimate of drug-likeness (QED) is 0.749. The molecule has 0 radical (unpaired) electrons. The van der Waals surface area contributed by atoms with E-state index in [0.29, 0.717) is 16.4 Å². The van der Waals surface area contributed by atoms with Crippen LogP contribution in [0.5, 0.6) is 0 Å². The Balaban J connectivity index is 1.91. The Hall–Kier alpha value is -2.74. The summed E-state index contributed by atoms with van der Waals surface area (Å²) in [6.45, 7) is 5.55. The van der Waals surface area contributed by atoms with Crippen LogP contribution in [0.2, 0.25) is 0 Å². The summed E-state index contributed by atoms with van der Waals surface area (Å²) in [5.74, 6) is 0.118. The number of amides is 2. The number of fused-ring (bicyclic) bond motifs is 1. The number of anilines is 2. The molecule has 8 heteroatoms. The van der Waals surface area contributed by atoms with Gasteiger partial charge in [-0.15, -0.1) is 11.3 Å². The van der Waals surface area contributed by atoms with Gasteiger partial charge in [0.25, 0.3) is 5.91 Å². The second-order valence-electron chi connectivity index (χ2n) is 6.03. The minimum Gasteiger partial charge on any atom is -0.318 e. The minimum absolute atomic E-state index is 0.240. The summed E-state index contributed by atoms with van der Waals surface area (Å²) < 4.78 is 1.80. The van der Waals surface area contributed by atoms with E-state index in [2.05, 4.69) is 34.6 Å². The fourth-order valence-electron chi connectivity index (χ4n) is 2.56. The number of pyridine rings is 1. The first kappa shape index (κ1) is 17.1. The SMILES string of the molecule is CC(=O)Nc1ncccc1NC(=O)c1cc2c(C(C)C)nn(C)c2s1. The molecule has 0 aliphatic rings. The van der Waals surface area contributed by atoms with E-state index in [0.717, 1.165) is 15.9 Å². The summed E-state index contributed by atoms with van der Waals surface area (Å²) in [6.07, 6.45) is 1.56. The highest BCUT2D eigenvalue weighted by Crippen LogP contribution is 2.32. The van der Waals surface area contributed by atoms with Crippen molar-refractivity contribution < 1.29 is 9.59 Å². The van der Waals surface area contributed by atoms with Gasteiger partial charge in [-0.1, -0.05) is 13.8 Å². The molecule has 0 unspecified atom stereocenters. The molecule has 3 aromatic rings. The summed E-state index contributed by atoms with van der Waals surface area (Å²) in [5, 5.41) is 10.9. The first-order valence-electron chi connectivity index (χ1n) is 7.87. The van der Waals surface area contributed by atoms with Crippen molar-refractivity contribution in [1.29, 1.82) is 0 Å². The van der Waals surface area contributed by atoms with Gasteiger partial charge in [-0.3, -0.25) is 14.3 Å². The van der Waals surface area contributed by atoms with Crippen LogP contribution in [0.3, 0.4) is 0 Å². The van der Waals surface area contributed by atoms with E-state index in [1.54, 1.807) is 23.0 Å². The van der Waals surface area contributed by atoms with Crippen molar-refractivity contribution in [2.75, 3.05) is 10.6 Å². The maximum absolute atomic E-state index is 12.6. The molecule has 2 amide bonds. The highest BCUT2D eigenvalue weighted by Gasteiger charge is 2.19. The Labute approximate surface area is 149 Å². The van der Waals surface area contributed by atoms with E-state index >= 15 is 0 Å². The molecule has 0 bridgehead atoms. The molecule has 3 aromatic heterocycles. The highest BCUT2D eigenvalue weighted by atomic mass is 32.1. The fraction of sp³-hybridized carbons (Fsp3) is 0.294. The van der Waals surface area contributed by atoms with Gasteiger partial charge in [0.05, 0.1) is 16.3 Å². The second kappa shape index (κ2) is 6.64. The first-order chi connectivity index (χ1) is 11.9. The predicted octanol–water partition coefficient (Wildman–Crippen LogP) is 3.36. The Morgan fingerprint density at radius 1 is 1.28 bits per heavy atom. The topological polar surface area (TPSA) is 88.9 Å². The van der Waals surface area contributed by atoms with Gasteiger partial charge in [0.1, 0.15) is 4.83 Å². The summed E-state index contributed by atoms with van der Waals surface area (Å²) >= 11 is 1.39. The second-order valence-corrected chi connectivity index (χ2v) is 7.06. The van der Waals surface area contributed by atoms with E-state index in [1.165, 1.54) is 18.3 Å². The molecule has 0 saturated heterocycles. The van der Waals surface area contributed by atoms with Crippen LogP contribution in [0.4, 0.5) is 11.5 Å². The van der Waals surface area contributed by atoms with Crippen molar-refractivity contribution >= 4 is 44.9 Å². The molecule has 3 rings (SSSR count). The largest absolute Gasteiger partial charge is 0.318 e. The number of nitrogens with zero attached hydrogens (tertiary/aromatic N) is 3. The van der Waals surface area contributed by atoms with Crippen molar-refractivity contribution in [2.24, 2.45) is 7.05 Å². The number of hydrogen-bond acceptors (Lipinski definition) is 5. The summed E-state index contributed by atoms with van der Waals surface area (Å²) in [7, 11) is 1.88. The van der Waals surface area contributed by atoms with Gasteiger partial charge in [0, 0.05) is 25.6 Å². The van der Waals surface area contributed by atoms with Gasteiger partial charge in [-0.2, -0.15) is 5.10 Å². The molecule has 0 aromatic carbocycles. The van der Waals surface area contributed by atoms with Crippen molar-refractivity contribution in [3.63, 3.8) is 0 Å². The van der Waals surface area contributed by atoms with Crippen LogP contribution >= 0.6 is 11.3 Å². The average Bonchev–Trinajstić information content (AvgIpc) is 3.09. The number of carbonyl (C=O) groups excluding carboxylic acids is 2. The minimum atomic E-state index is -0.247. The van der Waals surface area contributed by atoms with Crippen molar-refractivity contribution in [3.05, 3.63) is 35.0 Å². The van der Waals surface area contributed by atoms with Crippen LogP contribution in [-0.4, -0.2) is 26.6 Å². The van der Waals surface area contributed by atoms with Crippen LogP contribution in [0.15, 0.2) is 24.4 Å². The average molecular weight is 357 g/mol. The lowest BCUT2D eigenvalue weighted by atomic mass is 10.1. The van der Waals surface area contributed by atoms with Gasteiger partial charge >= 0.3 is 0 Å². The number of carbonyl (C=O) groups is 2. The number of thiophene rings is 1. The van der Waals surface area contributed by atoms with E-state index in [9.17, 15) is 9.59 Å². The zero-order valence-corrected chi connectivity index (χ0v) is 15.3. The molecule has 0 atom stereocenters. The standard InChI is InChI=1S/C17H19N5O2S/c1-9(2)14-11-8-13(25-17(11)22(4)21-14)16(24)20-12-6-5-7-18-15(12)19-10(3)23/h5-9H,1-4H3,(H,20,24)(H,18,19,23). The van der Waals surface area contributed by atoms with Crippen molar-refractivity contribution in [3.8, 4) is 0 Å². The molecule has 3 heterocycles. The van der Waals surface area contributed by atoms with Gasteiger partial charge in [0.15, 0.2) is 5.82 Å². The molecule has 0 aliphatic carbocycles.